The predicted molar refractivity (Wildman–Crippen MR) is 80.6 cm³/mol. The van der Waals surface area contributed by atoms with Gasteiger partial charge < -0.3 is 5.73 Å². The topological polar surface area (TPSA) is 29.3 Å². The largest absolute Gasteiger partial charge is 0.393 e. The van der Waals surface area contributed by atoms with Gasteiger partial charge >= 0.3 is 0 Å². The summed E-state index contributed by atoms with van der Waals surface area (Å²) in [5.41, 5.74) is 8.32. The third kappa shape index (κ3) is 3.79. The van der Waals surface area contributed by atoms with Crippen LogP contribution < -0.4 is 5.73 Å². The minimum atomic E-state index is 0.578. The van der Waals surface area contributed by atoms with Crippen molar-refractivity contribution in [1.29, 1.82) is 0 Å². The van der Waals surface area contributed by atoms with Crippen LogP contribution in [-0.2, 0) is 13.0 Å². The van der Waals surface area contributed by atoms with E-state index in [0.29, 0.717) is 4.99 Å². The fourth-order valence-electron chi connectivity index (χ4n) is 2.74. The molecule has 1 fully saturated rings. The van der Waals surface area contributed by atoms with Crippen molar-refractivity contribution in [3.63, 3.8) is 0 Å². The van der Waals surface area contributed by atoms with E-state index < -0.39 is 0 Å². The van der Waals surface area contributed by atoms with Gasteiger partial charge in [-0.25, -0.2) is 0 Å². The van der Waals surface area contributed by atoms with E-state index in [1.165, 1.54) is 37.1 Å². The Morgan fingerprint density at radius 1 is 1.39 bits per heavy atom. The lowest BCUT2D eigenvalue weighted by atomic mass is 9.98. The molecule has 3 heteroatoms. The van der Waals surface area contributed by atoms with Crippen molar-refractivity contribution in [2.75, 3.05) is 13.1 Å². The number of nitrogens with zero attached hydrogens (tertiary/aromatic N) is 1. The molecule has 1 atom stereocenters. The van der Waals surface area contributed by atoms with Crippen molar-refractivity contribution in [2.24, 2.45) is 11.7 Å². The van der Waals surface area contributed by atoms with E-state index in [0.717, 1.165) is 18.9 Å². The Morgan fingerprint density at radius 3 is 2.78 bits per heavy atom. The second-order valence-electron chi connectivity index (χ2n) is 5.39. The number of benzene rings is 1. The van der Waals surface area contributed by atoms with Crippen LogP contribution in [0.2, 0.25) is 0 Å². The number of rotatable bonds is 4. The van der Waals surface area contributed by atoms with E-state index in [9.17, 15) is 0 Å². The van der Waals surface area contributed by atoms with Crippen molar-refractivity contribution in [2.45, 2.75) is 32.7 Å². The molecular weight excluding hydrogens is 240 g/mol. The molecule has 1 saturated heterocycles. The smallest absolute Gasteiger partial charge is 0.0771 e. The average Bonchev–Trinajstić information content (AvgIpc) is 2.31. The molecule has 1 aliphatic heterocycles. The quantitative estimate of drug-likeness (QED) is 0.846. The molecule has 2 nitrogen and oxygen atoms in total. The summed E-state index contributed by atoms with van der Waals surface area (Å²) in [5, 5.41) is 0. The molecule has 1 aromatic carbocycles. The molecule has 0 saturated carbocycles. The first kappa shape index (κ1) is 13.5. The minimum Gasteiger partial charge on any atom is -0.393 e. The maximum Gasteiger partial charge on any atom is 0.0771 e. The van der Waals surface area contributed by atoms with Crippen LogP contribution in [0, 0.1) is 5.92 Å². The summed E-state index contributed by atoms with van der Waals surface area (Å²) >= 11 is 5.02. The summed E-state index contributed by atoms with van der Waals surface area (Å²) in [6.45, 7) is 5.79. The third-order valence-electron chi connectivity index (χ3n) is 3.62. The molecule has 0 radical (unpaired) electrons. The molecule has 2 N–H and O–H groups in total. The van der Waals surface area contributed by atoms with Gasteiger partial charge in [-0.2, -0.15) is 0 Å². The van der Waals surface area contributed by atoms with Crippen LogP contribution in [-0.4, -0.2) is 23.0 Å². The molecule has 18 heavy (non-hydrogen) atoms. The number of hydrogen-bond donors (Lipinski definition) is 1. The minimum absolute atomic E-state index is 0.578. The van der Waals surface area contributed by atoms with Gasteiger partial charge in [0.25, 0.3) is 0 Å². The number of piperidine rings is 1. The first-order valence-electron chi connectivity index (χ1n) is 6.72. The molecule has 1 aliphatic rings. The van der Waals surface area contributed by atoms with Crippen LogP contribution in [0.15, 0.2) is 24.3 Å². The van der Waals surface area contributed by atoms with E-state index in [2.05, 4.69) is 36.1 Å². The van der Waals surface area contributed by atoms with Gasteiger partial charge in [-0.3, -0.25) is 4.90 Å². The van der Waals surface area contributed by atoms with Gasteiger partial charge in [0, 0.05) is 19.5 Å². The Hall–Kier alpha value is -0.930. The maximum atomic E-state index is 5.67. The highest BCUT2D eigenvalue weighted by molar-refractivity contribution is 7.80. The number of likely N-dealkylation sites (tertiary alicyclic amines) is 1. The van der Waals surface area contributed by atoms with Crippen LogP contribution in [0.25, 0.3) is 0 Å². The van der Waals surface area contributed by atoms with Crippen molar-refractivity contribution < 1.29 is 0 Å². The van der Waals surface area contributed by atoms with Gasteiger partial charge in [0.15, 0.2) is 0 Å². The van der Waals surface area contributed by atoms with Crippen LogP contribution in [0.4, 0.5) is 0 Å². The highest BCUT2D eigenvalue weighted by Gasteiger charge is 2.17. The summed E-state index contributed by atoms with van der Waals surface area (Å²) in [5.74, 6) is 0.821. The molecule has 0 spiro atoms. The van der Waals surface area contributed by atoms with Gasteiger partial charge in [-0.1, -0.05) is 43.4 Å². The summed E-state index contributed by atoms with van der Waals surface area (Å²) in [6, 6.07) is 8.51. The lowest BCUT2D eigenvalue weighted by Crippen LogP contribution is -2.34. The highest BCUT2D eigenvalue weighted by atomic mass is 32.1. The molecule has 1 unspecified atom stereocenters. The molecule has 0 bridgehead atoms. The van der Waals surface area contributed by atoms with Crippen molar-refractivity contribution in [3.05, 3.63) is 35.4 Å². The zero-order chi connectivity index (χ0) is 13.0. The average molecular weight is 262 g/mol. The molecule has 2 rings (SSSR count). The Kier molecular flexibility index (Phi) is 4.72. The normalized spacial score (nSPS) is 20.8. The molecule has 1 heterocycles. The molecule has 0 aromatic heterocycles. The predicted octanol–water partition coefficient (Wildman–Crippen LogP) is 2.75. The van der Waals surface area contributed by atoms with Crippen molar-refractivity contribution in [1.82, 2.24) is 4.90 Å². The Balaban J connectivity index is 2.05. The monoisotopic (exact) mass is 262 g/mol. The van der Waals surface area contributed by atoms with Gasteiger partial charge in [0.1, 0.15) is 0 Å². The van der Waals surface area contributed by atoms with Gasteiger partial charge in [-0.05, 0) is 36.4 Å². The molecular formula is C15H22N2S. The summed E-state index contributed by atoms with van der Waals surface area (Å²) in [6.07, 6.45) is 3.40. The van der Waals surface area contributed by atoms with E-state index in [1.54, 1.807) is 0 Å². The van der Waals surface area contributed by atoms with Crippen LogP contribution >= 0.6 is 12.2 Å². The Morgan fingerprint density at radius 2 is 2.11 bits per heavy atom. The van der Waals surface area contributed by atoms with Crippen molar-refractivity contribution >= 4 is 17.2 Å². The van der Waals surface area contributed by atoms with E-state index in [-0.39, 0.29) is 0 Å². The maximum absolute atomic E-state index is 5.67. The third-order valence-corrected chi connectivity index (χ3v) is 3.76. The zero-order valence-corrected chi connectivity index (χ0v) is 11.9. The lowest BCUT2D eigenvalue weighted by Gasteiger charge is -2.31. The molecule has 98 valence electrons. The summed E-state index contributed by atoms with van der Waals surface area (Å²) in [7, 11) is 0. The molecule has 1 aromatic rings. The van der Waals surface area contributed by atoms with E-state index in [4.69, 9.17) is 18.0 Å². The standard InChI is InChI=1S/C15H22N2S/c1-12-5-4-8-17(10-12)11-14-7-3-2-6-13(14)9-15(16)18/h2-3,6-7,12H,4-5,8-11H2,1H3,(H2,16,18). The Labute approximate surface area is 115 Å². The fourth-order valence-corrected chi connectivity index (χ4v) is 2.90. The van der Waals surface area contributed by atoms with Gasteiger partial charge in [-0.15, -0.1) is 0 Å². The van der Waals surface area contributed by atoms with E-state index >= 15 is 0 Å². The number of nitrogens with two attached hydrogens (primary N) is 1. The molecule has 0 aliphatic carbocycles. The molecule has 0 amide bonds. The zero-order valence-electron chi connectivity index (χ0n) is 11.1. The summed E-state index contributed by atoms with van der Waals surface area (Å²) < 4.78 is 0. The fraction of sp³-hybridized carbons (Fsp3) is 0.533. The van der Waals surface area contributed by atoms with Crippen molar-refractivity contribution in [3.8, 4) is 0 Å². The first-order valence-corrected chi connectivity index (χ1v) is 7.13. The van der Waals surface area contributed by atoms with Crippen LogP contribution in [0.3, 0.4) is 0 Å². The summed E-state index contributed by atoms with van der Waals surface area (Å²) in [4.78, 5) is 3.13. The first-order chi connectivity index (χ1) is 8.65. The van der Waals surface area contributed by atoms with E-state index in [1.807, 2.05) is 0 Å². The SMILES string of the molecule is CC1CCCN(Cc2ccccc2CC(N)=S)C1. The second-order valence-corrected chi connectivity index (χ2v) is 5.92. The number of thiocarbonyl (C=S) groups is 1. The highest BCUT2D eigenvalue weighted by Crippen LogP contribution is 2.19. The second kappa shape index (κ2) is 6.30. The Bertz CT molecular complexity index is 417. The number of hydrogen-bond acceptors (Lipinski definition) is 2. The van der Waals surface area contributed by atoms with Gasteiger partial charge in [0.2, 0.25) is 0 Å². The van der Waals surface area contributed by atoms with Crippen LogP contribution in [0.1, 0.15) is 30.9 Å². The lowest BCUT2D eigenvalue weighted by molar-refractivity contribution is 0.176. The van der Waals surface area contributed by atoms with Crippen LogP contribution in [0.5, 0.6) is 0 Å². The van der Waals surface area contributed by atoms with Gasteiger partial charge in [0.05, 0.1) is 4.99 Å².